The van der Waals surface area contributed by atoms with E-state index in [0.29, 0.717) is 18.3 Å². The minimum absolute atomic E-state index is 0.0245. The Kier molecular flexibility index (Phi) is 11.8. The lowest BCUT2D eigenvalue weighted by Gasteiger charge is -2.36. The number of nitrogens with one attached hydrogen (secondary N) is 1. The third kappa shape index (κ3) is 7.76. The maximum atomic E-state index is 13.3. The van der Waals surface area contributed by atoms with Crippen LogP contribution in [0.25, 0.3) is 0 Å². The molecule has 6 atom stereocenters. The highest BCUT2D eigenvalue weighted by Crippen LogP contribution is 2.29. The van der Waals surface area contributed by atoms with Crippen molar-refractivity contribution in [3.63, 3.8) is 0 Å². The van der Waals surface area contributed by atoms with E-state index in [1.54, 1.807) is 14.2 Å². The number of methoxy groups -OCH3 is 2. The second-order valence-corrected chi connectivity index (χ2v) is 9.98. The molecule has 2 rings (SSSR count). The molecular weight excluding hydrogens is 432 g/mol. The van der Waals surface area contributed by atoms with Gasteiger partial charge in [0.05, 0.1) is 29.7 Å². The third-order valence-corrected chi connectivity index (χ3v) is 8.06. The molecule has 1 aliphatic heterocycles. The number of nitrogens with zero attached hydrogens (tertiary/aromatic N) is 1. The molecule has 0 unspecified atom stereocenters. The Bertz CT molecular complexity index is 729. The molecule has 1 fully saturated rings. The van der Waals surface area contributed by atoms with Gasteiger partial charge in [-0.05, 0) is 36.7 Å². The molecule has 0 bridgehead atoms. The van der Waals surface area contributed by atoms with Gasteiger partial charge < -0.3 is 19.7 Å². The van der Waals surface area contributed by atoms with Crippen molar-refractivity contribution in [2.75, 3.05) is 27.3 Å². The molecule has 1 saturated heterocycles. The van der Waals surface area contributed by atoms with E-state index in [2.05, 4.69) is 57.3 Å². The first-order valence-electron chi connectivity index (χ1n) is 12.5. The van der Waals surface area contributed by atoms with Crippen LogP contribution in [-0.4, -0.2) is 61.4 Å². The smallest absolute Gasteiger partial charge is 0.225 e. The number of carbonyl (C=O) groups is 1. The molecule has 0 aliphatic carbocycles. The molecule has 5 nitrogen and oxygen atoms in total. The summed E-state index contributed by atoms with van der Waals surface area (Å²) in [5.41, 5.74) is 1.29. The molecule has 1 heterocycles. The highest BCUT2D eigenvalue weighted by atomic mass is 32.1. The maximum Gasteiger partial charge on any atom is 0.225 e. The van der Waals surface area contributed by atoms with Gasteiger partial charge in [-0.3, -0.25) is 4.79 Å². The van der Waals surface area contributed by atoms with Gasteiger partial charge in [-0.1, -0.05) is 76.7 Å². The molecule has 0 radical (unpaired) electrons. The first-order chi connectivity index (χ1) is 15.8. The molecule has 1 aliphatic rings. The Labute approximate surface area is 206 Å². The number of ether oxygens (including phenoxy) is 2. The molecular formula is C27H44N2O3S. The number of hydrogen-bond donors (Lipinski definition) is 1. The first kappa shape index (κ1) is 27.7. The van der Waals surface area contributed by atoms with E-state index in [-0.39, 0.29) is 30.1 Å². The van der Waals surface area contributed by atoms with Crippen LogP contribution in [-0.2, 0) is 20.7 Å². The number of benzene rings is 1. The van der Waals surface area contributed by atoms with E-state index in [1.807, 2.05) is 11.0 Å². The number of likely N-dealkylation sites (tertiary alicyclic amines) is 1. The van der Waals surface area contributed by atoms with Gasteiger partial charge >= 0.3 is 0 Å². The molecule has 0 aromatic heterocycles. The molecule has 33 heavy (non-hydrogen) atoms. The van der Waals surface area contributed by atoms with Gasteiger partial charge in [0.15, 0.2) is 0 Å². The van der Waals surface area contributed by atoms with Crippen LogP contribution in [0.15, 0.2) is 30.3 Å². The molecule has 186 valence electrons. The first-order valence-corrected chi connectivity index (χ1v) is 12.9. The van der Waals surface area contributed by atoms with Gasteiger partial charge in [0.25, 0.3) is 0 Å². The highest BCUT2D eigenvalue weighted by Gasteiger charge is 2.39. The summed E-state index contributed by atoms with van der Waals surface area (Å²) in [6, 6.07) is 10.4. The van der Waals surface area contributed by atoms with Crippen LogP contribution in [0.3, 0.4) is 0 Å². The molecule has 6 heteroatoms. The van der Waals surface area contributed by atoms with Crippen molar-refractivity contribution in [2.45, 2.75) is 78.0 Å². The monoisotopic (exact) mass is 476 g/mol. The number of rotatable bonds is 13. The Morgan fingerprint density at radius 1 is 1.18 bits per heavy atom. The summed E-state index contributed by atoms with van der Waals surface area (Å²) < 4.78 is 11.7. The summed E-state index contributed by atoms with van der Waals surface area (Å²) in [4.78, 5) is 16.1. The fourth-order valence-corrected chi connectivity index (χ4v) is 5.17. The lowest BCUT2D eigenvalue weighted by Crippen LogP contribution is -2.50. The van der Waals surface area contributed by atoms with E-state index in [0.717, 1.165) is 43.8 Å². The predicted octanol–water partition coefficient (Wildman–Crippen LogP) is 4.88. The van der Waals surface area contributed by atoms with Crippen LogP contribution >= 0.6 is 12.2 Å². The van der Waals surface area contributed by atoms with Crippen LogP contribution < -0.4 is 5.32 Å². The van der Waals surface area contributed by atoms with Crippen molar-refractivity contribution in [2.24, 2.45) is 17.8 Å². The number of hydrogen-bond acceptors (Lipinski definition) is 4. The van der Waals surface area contributed by atoms with E-state index >= 15 is 0 Å². The van der Waals surface area contributed by atoms with Crippen molar-refractivity contribution in [1.29, 1.82) is 0 Å². The fourth-order valence-electron chi connectivity index (χ4n) is 4.93. The van der Waals surface area contributed by atoms with Crippen LogP contribution in [0.2, 0.25) is 0 Å². The van der Waals surface area contributed by atoms with E-state index in [4.69, 9.17) is 21.7 Å². The van der Waals surface area contributed by atoms with Crippen molar-refractivity contribution in [1.82, 2.24) is 10.2 Å². The summed E-state index contributed by atoms with van der Waals surface area (Å²) in [5, 5.41) is 3.42. The zero-order chi connectivity index (χ0) is 24.4. The van der Waals surface area contributed by atoms with Gasteiger partial charge in [-0.25, -0.2) is 0 Å². The molecule has 1 amide bonds. The minimum atomic E-state index is -0.124. The summed E-state index contributed by atoms with van der Waals surface area (Å²) in [7, 11) is 3.45. The Balaban J connectivity index is 1.97. The van der Waals surface area contributed by atoms with Gasteiger partial charge in [0, 0.05) is 33.2 Å². The second kappa shape index (κ2) is 14.0. The van der Waals surface area contributed by atoms with Crippen molar-refractivity contribution < 1.29 is 14.3 Å². The second-order valence-electron chi connectivity index (χ2n) is 9.54. The average molecular weight is 477 g/mol. The summed E-state index contributed by atoms with van der Waals surface area (Å²) in [5.74, 6) is 1.04. The van der Waals surface area contributed by atoms with Crippen molar-refractivity contribution >= 4 is 23.1 Å². The SMILES string of the molecule is CC[C@H](C)[C@H](C)[C@@H](CC(=O)N1CCC[C@H]1[C@H](OC)[C@@H](C)C(=S)NCCc1ccccc1)OC. The number of thiocarbonyl (C=S) groups is 1. The third-order valence-electron chi connectivity index (χ3n) is 7.54. The lowest BCUT2D eigenvalue weighted by molar-refractivity contribution is -0.138. The van der Waals surface area contributed by atoms with Crippen LogP contribution in [0.5, 0.6) is 0 Å². The largest absolute Gasteiger partial charge is 0.381 e. The Hall–Kier alpha value is -1.50. The lowest BCUT2D eigenvalue weighted by atomic mass is 9.87. The zero-order valence-electron chi connectivity index (χ0n) is 21.4. The fraction of sp³-hybridized carbons (Fsp3) is 0.704. The van der Waals surface area contributed by atoms with Gasteiger partial charge in [0.1, 0.15) is 0 Å². The minimum Gasteiger partial charge on any atom is -0.381 e. The van der Waals surface area contributed by atoms with Crippen LogP contribution in [0, 0.1) is 17.8 Å². The van der Waals surface area contributed by atoms with E-state index in [1.165, 1.54) is 5.56 Å². The molecule has 1 aromatic rings. The average Bonchev–Trinajstić information content (AvgIpc) is 3.32. The van der Waals surface area contributed by atoms with E-state index in [9.17, 15) is 4.79 Å². The van der Waals surface area contributed by atoms with Gasteiger partial charge in [-0.15, -0.1) is 0 Å². The summed E-state index contributed by atoms with van der Waals surface area (Å²) in [6.45, 7) is 10.3. The highest BCUT2D eigenvalue weighted by molar-refractivity contribution is 7.80. The number of carbonyl (C=O) groups excluding carboxylic acids is 1. The molecule has 0 spiro atoms. The van der Waals surface area contributed by atoms with Crippen LogP contribution in [0.1, 0.15) is 58.9 Å². The maximum absolute atomic E-state index is 13.3. The molecule has 1 aromatic carbocycles. The van der Waals surface area contributed by atoms with Crippen LogP contribution in [0.4, 0.5) is 0 Å². The summed E-state index contributed by atoms with van der Waals surface area (Å²) >= 11 is 5.72. The van der Waals surface area contributed by atoms with Crippen molar-refractivity contribution in [3.8, 4) is 0 Å². The quantitative estimate of drug-likeness (QED) is 0.412. The Morgan fingerprint density at radius 2 is 1.88 bits per heavy atom. The topological polar surface area (TPSA) is 50.8 Å². The predicted molar refractivity (Wildman–Crippen MR) is 139 cm³/mol. The molecule has 0 saturated carbocycles. The zero-order valence-corrected chi connectivity index (χ0v) is 22.2. The van der Waals surface area contributed by atoms with E-state index < -0.39 is 0 Å². The van der Waals surface area contributed by atoms with Gasteiger partial charge in [0.2, 0.25) is 5.91 Å². The molecule has 1 N–H and O–H groups in total. The Morgan fingerprint density at radius 3 is 2.48 bits per heavy atom. The van der Waals surface area contributed by atoms with Crippen molar-refractivity contribution in [3.05, 3.63) is 35.9 Å². The number of amides is 1. The van der Waals surface area contributed by atoms with Gasteiger partial charge in [-0.2, -0.15) is 0 Å². The standard InChI is InChI=1S/C27H44N2O3S/c1-7-19(2)20(3)24(31-5)18-25(30)29-17-11-14-23(29)26(32-6)21(4)27(33)28-16-15-22-12-9-8-10-13-22/h8-10,12-13,19-21,23-24,26H,7,11,14-18H2,1-6H3,(H,28,33)/t19-,20-,21+,23-,24+,26+/m0/s1. The summed E-state index contributed by atoms with van der Waals surface area (Å²) in [6.07, 6.45) is 4.18. The normalized spacial score (nSPS) is 20.7.